The molecule has 4 heterocycles. The molecule has 1 atom stereocenters. The molecule has 0 saturated carbocycles. The molecule has 0 bridgehead atoms. The Bertz CT molecular complexity index is 1520. The summed E-state index contributed by atoms with van der Waals surface area (Å²) in [6, 6.07) is 16.3. The van der Waals surface area contributed by atoms with Crippen LogP contribution in [0.3, 0.4) is 0 Å². The number of nitrogens with zero attached hydrogens (tertiary/aromatic N) is 6. The van der Waals surface area contributed by atoms with E-state index >= 15 is 0 Å². The maximum atomic E-state index is 13.5. The fraction of sp³-hybridized carbons (Fsp3) is 0.412. The van der Waals surface area contributed by atoms with Crippen molar-refractivity contribution in [2.24, 2.45) is 0 Å². The lowest BCUT2D eigenvalue weighted by Gasteiger charge is -2.30. The Morgan fingerprint density at radius 1 is 1.07 bits per heavy atom. The highest BCUT2D eigenvalue weighted by Crippen LogP contribution is 2.31. The fourth-order valence-electron chi connectivity index (χ4n) is 5.56. The number of rotatable bonds is 12. The van der Waals surface area contributed by atoms with Crippen molar-refractivity contribution in [2.75, 3.05) is 36.5 Å². The van der Waals surface area contributed by atoms with Crippen molar-refractivity contribution in [1.82, 2.24) is 24.4 Å². The monoisotopic (exact) mass is 581 g/mol. The number of aliphatic hydroxyl groups is 1. The molecule has 9 heteroatoms. The average molecular weight is 582 g/mol. The lowest BCUT2D eigenvalue weighted by molar-refractivity contribution is -0.128. The van der Waals surface area contributed by atoms with Gasteiger partial charge in [0.25, 0.3) is 5.91 Å². The zero-order valence-electron chi connectivity index (χ0n) is 25.5. The van der Waals surface area contributed by atoms with Gasteiger partial charge in [0.15, 0.2) is 0 Å². The molecule has 0 unspecified atom stereocenters. The van der Waals surface area contributed by atoms with Crippen molar-refractivity contribution in [3.8, 4) is 11.3 Å². The molecule has 1 aromatic carbocycles. The van der Waals surface area contributed by atoms with E-state index in [0.717, 1.165) is 72.4 Å². The quantitative estimate of drug-likeness (QED) is 0.203. The third kappa shape index (κ3) is 7.05. The number of fused-ring (bicyclic) bond motifs is 1. The molecule has 1 fully saturated rings. The number of anilines is 2. The van der Waals surface area contributed by atoms with Gasteiger partial charge in [-0.05, 0) is 63.3 Å². The van der Waals surface area contributed by atoms with Crippen LogP contribution in [0.25, 0.3) is 22.3 Å². The van der Waals surface area contributed by atoms with Crippen molar-refractivity contribution in [1.29, 1.82) is 0 Å². The summed E-state index contributed by atoms with van der Waals surface area (Å²) >= 11 is 0. The summed E-state index contributed by atoms with van der Waals surface area (Å²) < 4.78 is 2.12. The molecular weight excluding hydrogens is 538 g/mol. The number of nitrogens with one attached hydrogen (secondary N) is 1. The Kier molecular flexibility index (Phi) is 9.72. The first-order valence-electron chi connectivity index (χ1n) is 15.4. The van der Waals surface area contributed by atoms with Crippen molar-refractivity contribution in [3.05, 3.63) is 78.6 Å². The van der Waals surface area contributed by atoms with Gasteiger partial charge in [0, 0.05) is 55.8 Å². The van der Waals surface area contributed by atoms with Gasteiger partial charge >= 0.3 is 0 Å². The lowest BCUT2D eigenvalue weighted by Crippen LogP contribution is -2.39. The van der Waals surface area contributed by atoms with Gasteiger partial charge in [-0.1, -0.05) is 43.8 Å². The summed E-state index contributed by atoms with van der Waals surface area (Å²) in [7, 11) is 0. The molecule has 0 aliphatic carbocycles. The first-order valence-corrected chi connectivity index (χ1v) is 15.4. The molecule has 5 rings (SSSR count). The van der Waals surface area contributed by atoms with Crippen molar-refractivity contribution in [2.45, 2.75) is 65.1 Å². The summed E-state index contributed by atoms with van der Waals surface area (Å²) in [5, 5.41) is 14.1. The highest BCUT2D eigenvalue weighted by Gasteiger charge is 2.24. The molecule has 0 radical (unpaired) electrons. The van der Waals surface area contributed by atoms with Gasteiger partial charge < -0.3 is 24.8 Å². The summed E-state index contributed by atoms with van der Waals surface area (Å²) in [4.78, 5) is 31.9. The van der Waals surface area contributed by atoms with Crippen LogP contribution in [0.5, 0.6) is 0 Å². The molecular formula is C34H43N7O2. The maximum absolute atomic E-state index is 13.5. The summed E-state index contributed by atoms with van der Waals surface area (Å²) in [5.41, 5.74) is 4.38. The van der Waals surface area contributed by atoms with E-state index in [4.69, 9.17) is 9.97 Å². The fourth-order valence-corrected chi connectivity index (χ4v) is 5.56. The van der Waals surface area contributed by atoms with Crippen LogP contribution in [-0.2, 0) is 11.3 Å². The number of hydrogen-bond donors (Lipinski definition) is 2. The van der Waals surface area contributed by atoms with Crippen LogP contribution in [0.15, 0.2) is 73.1 Å². The van der Waals surface area contributed by atoms with Gasteiger partial charge in [-0.15, -0.1) is 0 Å². The van der Waals surface area contributed by atoms with E-state index in [-0.39, 0.29) is 24.6 Å². The van der Waals surface area contributed by atoms with Crippen LogP contribution in [0.2, 0.25) is 0 Å². The van der Waals surface area contributed by atoms with E-state index in [2.05, 4.69) is 64.5 Å². The minimum absolute atomic E-state index is 0.00456. The number of pyridine rings is 1. The second-order valence-corrected chi connectivity index (χ2v) is 11.6. The van der Waals surface area contributed by atoms with Crippen molar-refractivity contribution < 1.29 is 9.90 Å². The van der Waals surface area contributed by atoms with Crippen molar-refractivity contribution in [3.63, 3.8) is 0 Å². The Morgan fingerprint density at radius 2 is 1.84 bits per heavy atom. The molecule has 226 valence electrons. The van der Waals surface area contributed by atoms with E-state index in [1.165, 1.54) is 0 Å². The largest absolute Gasteiger partial charge is 0.394 e. The van der Waals surface area contributed by atoms with E-state index in [1.54, 1.807) is 6.20 Å². The zero-order chi connectivity index (χ0) is 30.3. The van der Waals surface area contributed by atoms with Crippen LogP contribution >= 0.6 is 0 Å². The highest BCUT2D eigenvalue weighted by atomic mass is 16.3. The van der Waals surface area contributed by atoms with Gasteiger partial charge in [0.1, 0.15) is 11.5 Å². The number of carbonyl (C=O) groups is 1. The molecule has 1 saturated heterocycles. The Hall–Kier alpha value is -4.24. The summed E-state index contributed by atoms with van der Waals surface area (Å²) in [6.07, 6.45) is 7.77. The standard InChI is InChI=1S/C34H43N7O2/c1-5-28(23-42)36-34-37-31(29-16-20-41(24(2)3)32(29)38-34)40(21-25(4)33(43)39-18-9-6-10-19-39)22-26-12-14-27(15-13-26)30-11-7-8-17-35-30/h7-8,11-17,20,24,28,42H,4-6,9-10,18-19,21-23H2,1-3H3,(H,36,37,38)/t28-/m1/s1. The molecule has 1 amide bonds. The van der Waals surface area contributed by atoms with Crippen LogP contribution in [0, 0.1) is 0 Å². The van der Waals surface area contributed by atoms with E-state index in [0.29, 0.717) is 24.6 Å². The van der Waals surface area contributed by atoms with Crippen LogP contribution in [-0.4, -0.2) is 67.7 Å². The molecule has 3 aromatic heterocycles. The van der Waals surface area contributed by atoms with E-state index in [9.17, 15) is 9.90 Å². The van der Waals surface area contributed by atoms with Gasteiger partial charge in [0.2, 0.25) is 5.95 Å². The molecule has 2 N–H and O–H groups in total. The third-order valence-corrected chi connectivity index (χ3v) is 8.07. The van der Waals surface area contributed by atoms with Gasteiger partial charge in [-0.25, -0.2) is 0 Å². The Morgan fingerprint density at radius 3 is 2.49 bits per heavy atom. The maximum Gasteiger partial charge on any atom is 0.250 e. The normalized spacial score (nSPS) is 14.2. The number of carbonyl (C=O) groups excluding carboxylic acids is 1. The lowest BCUT2D eigenvalue weighted by atomic mass is 10.1. The number of amides is 1. The minimum atomic E-state index is -0.170. The number of benzene rings is 1. The van der Waals surface area contributed by atoms with Gasteiger partial charge in [-0.3, -0.25) is 9.78 Å². The molecule has 4 aromatic rings. The number of likely N-dealkylation sites (tertiary alicyclic amines) is 1. The number of hydrogen-bond acceptors (Lipinski definition) is 7. The zero-order valence-corrected chi connectivity index (χ0v) is 25.5. The molecule has 0 spiro atoms. The van der Waals surface area contributed by atoms with E-state index in [1.807, 2.05) is 42.3 Å². The minimum Gasteiger partial charge on any atom is -0.394 e. The van der Waals surface area contributed by atoms with Crippen LogP contribution in [0.4, 0.5) is 11.8 Å². The first-order chi connectivity index (χ1) is 20.9. The smallest absolute Gasteiger partial charge is 0.250 e. The summed E-state index contributed by atoms with van der Waals surface area (Å²) in [5.74, 6) is 1.18. The Labute approximate surface area is 254 Å². The number of aliphatic hydroxyl groups excluding tert-OH is 1. The third-order valence-electron chi connectivity index (χ3n) is 8.07. The van der Waals surface area contributed by atoms with Gasteiger partial charge in [0.05, 0.1) is 23.7 Å². The van der Waals surface area contributed by atoms with Crippen molar-refractivity contribution >= 4 is 28.7 Å². The number of piperidine rings is 1. The first kappa shape index (κ1) is 30.2. The number of aromatic nitrogens is 4. The predicted octanol–water partition coefficient (Wildman–Crippen LogP) is 5.83. The average Bonchev–Trinajstić information content (AvgIpc) is 3.48. The molecule has 9 nitrogen and oxygen atoms in total. The predicted molar refractivity (Wildman–Crippen MR) is 173 cm³/mol. The molecule has 43 heavy (non-hydrogen) atoms. The molecule has 1 aliphatic heterocycles. The Balaban J connectivity index is 1.53. The van der Waals surface area contributed by atoms with Crippen LogP contribution < -0.4 is 10.2 Å². The second kappa shape index (κ2) is 13.8. The SMILES string of the molecule is C=C(CN(Cc1ccc(-c2ccccn2)cc1)c1nc(N[C@H](CC)CO)nc2c1ccn2C(C)C)C(=O)N1CCCCC1. The second-order valence-electron chi connectivity index (χ2n) is 11.6. The van der Waals surface area contributed by atoms with Crippen LogP contribution in [0.1, 0.15) is 58.1 Å². The highest BCUT2D eigenvalue weighted by molar-refractivity contribution is 5.95. The summed E-state index contributed by atoms with van der Waals surface area (Å²) in [6.45, 7) is 12.9. The van der Waals surface area contributed by atoms with Gasteiger partial charge in [-0.2, -0.15) is 9.97 Å². The topological polar surface area (TPSA) is 99.4 Å². The van der Waals surface area contributed by atoms with E-state index < -0.39 is 0 Å². The molecule has 1 aliphatic rings.